The minimum Gasteiger partial charge on any atom is -0.477 e. The van der Waals surface area contributed by atoms with Crippen molar-refractivity contribution in [3.05, 3.63) is 22.1 Å². The number of aromatic amines is 1. The Morgan fingerprint density at radius 2 is 2.10 bits per heavy atom. The molecule has 8 heteroatoms. The van der Waals surface area contributed by atoms with E-state index in [1.165, 1.54) is 4.68 Å². The van der Waals surface area contributed by atoms with Crippen LogP contribution in [0.5, 0.6) is 0 Å². The van der Waals surface area contributed by atoms with Crippen molar-refractivity contribution in [2.24, 2.45) is 0 Å². The van der Waals surface area contributed by atoms with Gasteiger partial charge in [-0.15, -0.1) is 0 Å². The molecule has 0 saturated carbocycles. The van der Waals surface area contributed by atoms with Gasteiger partial charge >= 0.3 is 12.1 Å². The van der Waals surface area contributed by atoms with Gasteiger partial charge in [0.2, 0.25) is 0 Å². The number of rotatable bonds is 4. The largest absolute Gasteiger partial charge is 0.477 e. The van der Waals surface area contributed by atoms with Crippen LogP contribution in [0.1, 0.15) is 38.2 Å². The van der Waals surface area contributed by atoms with E-state index in [1.54, 1.807) is 27.7 Å². The normalized spacial score (nSPS) is 12.8. The molecule has 8 nitrogen and oxygen atoms in total. The van der Waals surface area contributed by atoms with E-state index in [0.717, 1.165) is 6.07 Å². The van der Waals surface area contributed by atoms with E-state index in [4.69, 9.17) is 9.84 Å². The fourth-order valence-electron chi connectivity index (χ4n) is 1.58. The number of amides is 1. The number of carboxylic acid groups (broad SMARTS) is 1. The van der Waals surface area contributed by atoms with Gasteiger partial charge in [-0.3, -0.25) is 14.6 Å². The van der Waals surface area contributed by atoms with E-state index in [9.17, 15) is 14.4 Å². The molecular weight excluding hydrogens is 266 g/mol. The molecule has 0 aliphatic heterocycles. The lowest BCUT2D eigenvalue weighted by molar-refractivity contribution is 0.0503. The number of aromatic carboxylic acids is 1. The standard InChI is InChI=1S/C12H19N3O5/c1-7(13-11(19)20-12(2,3)4)6-15-8(10(17)18)5-9(16)14-15/h5,7H,6H2,1-4H3,(H,13,19)(H,14,16)(H,17,18)/t7-/m1/s1. The smallest absolute Gasteiger partial charge is 0.407 e. The topological polar surface area (TPSA) is 113 Å². The summed E-state index contributed by atoms with van der Waals surface area (Å²) in [6.07, 6.45) is -0.601. The second kappa shape index (κ2) is 5.81. The molecule has 0 saturated heterocycles. The molecule has 1 atom stereocenters. The predicted molar refractivity (Wildman–Crippen MR) is 70.8 cm³/mol. The van der Waals surface area contributed by atoms with Gasteiger partial charge in [-0.1, -0.05) is 0 Å². The fourth-order valence-corrected chi connectivity index (χ4v) is 1.58. The lowest BCUT2D eigenvalue weighted by Gasteiger charge is -2.22. The number of ether oxygens (including phenoxy) is 1. The highest BCUT2D eigenvalue weighted by molar-refractivity contribution is 5.85. The highest BCUT2D eigenvalue weighted by Crippen LogP contribution is 2.07. The molecule has 0 fully saturated rings. The van der Waals surface area contributed by atoms with Crippen molar-refractivity contribution in [2.75, 3.05) is 0 Å². The van der Waals surface area contributed by atoms with Gasteiger partial charge in [-0.05, 0) is 27.7 Å². The molecule has 1 heterocycles. The number of carbonyl (C=O) groups is 2. The summed E-state index contributed by atoms with van der Waals surface area (Å²) >= 11 is 0. The second-order valence-electron chi connectivity index (χ2n) is 5.47. The van der Waals surface area contributed by atoms with Crippen LogP contribution in [0.3, 0.4) is 0 Å². The number of carboxylic acids is 1. The van der Waals surface area contributed by atoms with Gasteiger partial charge in [-0.25, -0.2) is 9.59 Å². The molecular formula is C12H19N3O5. The first-order chi connectivity index (χ1) is 9.08. The number of hydrogen-bond acceptors (Lipinski definition) is 4. The lowest BCUT2D eigenvalue weighted by atomic mass is 10.2. The van der Waals surface area contributed by atoms with Crippen LogP contribution in [0.2, 0.25) is 0 Å². The van der Waals surface area contributed by atoms with Crippen LogP contribution in [0.15, 0.2) is 10.9 Å². The van der Waals surface area contributed by atoms with Gasteiger partial charge in [-0.2, -0.15) is 0 Å². The zero-order valence-corrected chi connectivity index (χ0v) is 11.9. The van der Waals surface area contributed by atoms with Crippen LogP contribution in [0, 0.1) is 0 Å². The van der Waals surface area contributed by atoms with E-state index in [2.05, 4.69) is 10.4 Å². The summed E-state index contributed by atoms with van der Waals surface area (Å²) in [5.41, 5.74) is -1.28. The first-order valence-electron chi connectivity index (χ1n) is 6.11. The van der Waals surface area contributed by atoms with Crippen LogP contribution in [-0.2, 0) is 11.3 Å². The molecule has 0 aliphatic rings. The molecule has 0 spiro atoms. The van der Waals surface area contributed by atoms with Crippen molar-refractivity contribution < 1.29 is 19.4 Å². The summed E-state index contributed by atoms with van der Waals surface area (Å²) in [5.74, 6) is -1.21. The highest BCUT2D eigenvalue weighted by Gasteiger charge is 2.19. The van der Waals surface area contributed by atoms with E-state index in [1.807, 2.05) is 0 Å². The molecule has 20 heavy (non-hydrogen) atoms. The van der Waals surface area contributed by atoms with Crippen LogP contribution < -0.4 is 10.9 Å². The molecule has 0 bridgehead atoms. The van der Waals surface area contributed by atoms with Gasteiger partial charge in [0, 0.05) is 12.1 Å². The monoisotopic (exact) mass is 285 g/mol. The third kappa shape index (κ3) is 4.79. The van der Waals surface area contributed by atoms with E-state index < -0.39 is 29.3 Å². The number of nitrogens with one attached hydrogen (secondary N) is 2. The first-order valence-corrected chi connectivity index (χ1v) is 6.11. The number of H-pyrrole nitrogens is 1. The van der Waals surface area contributed by atoms with Gasteiger partial charge in [0.05, 0.1) is 6.54 Å². The highest BCUT2D eigenvalue weighted by atomic mass is 16.6. The van der Waals surface area contributed by atoms with E-state index in [0.29, 0.717) is 0 Å². The summed E-state index contributed by atoms with van der Waals surface area (Å²) in [7, 11) is 0. The van der Waals surface area contributed by atoms with Crippen molar-refractivity contribution in [1.29, 1.82) is 0 Å². The Hall–Kier alpha value is -2.25. The minimum atomic E-state index is -1.21. The molecule has 0 unspecified atom stereocenters. The minimum absolute atomic E-state index is 0.114. The zero-order valence-electron chi connectivity index (χ0n) is 11.9. The predicted octanol–water partition coefficient (Wildman–Crippen LogP) is 0.788. The van der Waals surface area contributed by atoms with Gasteiger partial charge in [0.1, 0.15) is 11.3 Å². The average molecular weight is 285 g/mol. The maximum atomic E-state index is 11.6. The van der Waals surface area contributed by atoms with Crippen molar-refractivity contribution >= 4 is 12.1 Å². The molecule has 0 aliphatic carbocycles. The second-order valence-corrected chi connectivity index (χ2v) is 5.47. The average Bonchev–Trinajstić information content (AvgIpc) is 2.55. The van der Waals surface area contributed by atoms with Crippen LogP contribution in [0.4, 0.5) is 4.79 Å². The van der Waals surface area contributed by atoms with Gasteiger partial charge in [0.15, 0.2) is 0 Å². The number of nitrogens with zero attached hydrogens (tertiary/aromatic N) is 1. The third-order valence-electron chi connectivity index (χ3n) is 2.24. The fraction of sp³-hybridized carbons (Fsp3) is 0.583. The van der Waals surface area contributed by atoms with Crippen molar-refractivity contribution in [2.45, 2.75) is 45.9 Å². The first kappa shape index (κ1) is 15.8. The summed E-state index contributed by atoms with van der Waals surface area (Å²) in [5, 5.41) is 13.9. The number of hydrogen-bond donors (Lipinski definition) is 3. The molecule has 0 aromatic carbocycles. The van der Waals surface area contributed by atoms with Crippen molar-refractivity contribution in [3.8, 4) is 0 Å². The number of alkyl carbamates (subject to hydrolysis) is 1. The van der Waals surface area contributed by atoms with E-state index >= 15 is 0 Å². The molecule has 1 aromatic rings. The Morgan fingerprint density at radius 3 is 2.60 bits per heavy atom. The summed E-state index contributed by atoms with van der Waals surface area (Å²) in [6.45, 7) is 7.01. The van der Waals surface area contributed by atoms with E-state index in [-0.39, 0.29) is 12.2 Å². The van der Waals surface area contributed by atoms with Crippen LogP contribution >= 0.6 is 0 Å². The Morgan fingerprint density at radius 1 is 1.50 bits per heavy atom. The molecule has 1 aromatic heterocycles. The molecule has 112 valence electrons. The third-order valence-corrected chi connectivity index (χ3v) is 2.24. The summed E-state index contributed by atoms with van der Waals surface area (Å²) in [6, 6.07) is 0.578. The Balaban J connectivity index is 2.67. The number of carbonyl (C=O) groups excluding carboxylic acids is 1. The molecule has 1 amide bonds. The van der Waals surface area contributed by atoms with Crippen LogP contribution in [0.25, 0.3) is 0 Å². The molecule has 1 rings (SSSR count). The van der Waals surface area contributed by atoms with Crippen molar-refractivity contribution in [1.82, 2.24) is 15.1 Å². The Labute approximate surface area is 115 Å². The van der Waals surface area contributed by atoms with Gasteiger partial charge in [0.25, 0.3) is 5.56 Å². The van der Waals surface area contributed by atoms with Crippen LogP contribution in [-0.4, -0.2) is 38.6 Å². The maximum Gasteiger partial charge on any atom is 0.407 e. The Kier molecular flexibility index (Phi) is 4.59. The molecule has 3 N–H and O–H groups in total. The molecule has 0 radical (unpaired) electrons. The zero-order chi connectivity index (χ0) is 15.5. The quantitative estimate of drug-likeness (QED) is 0.756. The van der Waals surface area contributed by atoms with Crippen molar-refractivity contribution in [3.63, 3.8) is 0 Å². The van der Waals surface area contributed by atoms with Gasteiger partial charge < -0.3 is 15.2 Å². The lowest BCUT2D eigenvalue weighted by Crippen LogP contribution is -2.40. The summed E-state index contributed by atoms with van der Waals surface area (Å²) in [4.78, 5) is 33.6. The maximum absolute atomic E-state index is 11.6. The number of aromatic nitrogens is 2. The summed E-state index contributed by atoms with van der Waals surface area (Å²) < 4.78 is 6.25. The Bertz CT molecular complexity index is 552. The SMILES string of the molecule is C[C@H](Cn1[nH]c(=O)cc1C(=O)O)NC(=O)OC(C)(C)C.